The molecule has 0 aromatic carbocycles. The molecule has 0 aliphatic carbocycles. The van der Waals surface area contributed by atoms with Crippen molar-refractivity contribution in [2.45, 2.75) is 45.6 Å². The summed E-state index contributed by atoms with van der Waals surface area (Å²) >= 11 is 0. The number of methoxy groups -OCH3 is 1. The van der Waals surface area contributed by atoms with Crippen LogP contribution in [0.4, 0.5) is 0 Å². The zero-order chi connectivity index (χ0) is 14.3. The Bertz CT molecular complexity index is 299. The number of carbonyl (C=O) groups excluding carboxylic acids is 2. The number of hydrogen-bond donors (Lipinski definition) is 1. The van der Waals surface area contributed by atoms with Crippen molar-refractivity contribution < 1.29 is 14.3 Å². The maximum atomic E-state index is 12.1. The zero-order valence-electron chi connectivity index (χ0n) is 12.3. The summed E-state index contributed by atoms with van der Waals surface area (Å²) < 4.78 is 4.64. The number of ether oxygens (including phenoxy) is 1. The SMILES string of the molecule is COC(=O)[C@@H](C)CNC(=O)[C@H](C)N1CCCCCC1. The Morgan fingerprint density at radius 1 is 1.16 bits per heavy atom. The van der Waals surface area contributed by atoms with Gasteiger partial charge in [-0.2, -0.15) is 0 Å². The summed E-state index contributed by atoms with van der Waals surface area (Å²) in [6.45, 7) is 6.00. The van der Waals surface area contributed by atoms with Crippen LogP contribution in [-0.2, 0) is 14.3 Å². The highest BCUT2D eigenvalue weighted by molar-refractivity contribution is 5.82. The van der Waals surface area contributed by atoms with Gasteiger partial charge in [-0.25, -0.2) is 0 Å². The highest BCUT2D eigenvalue weighted by Gasteiger charge is 2.23. The van der Waals surface area contributed by atoms with Gasteiger partial charge in [0.15, 0.2) is 0 Å². The topological polar surface area (TPSA) is 58.6 Å². The Morgan fingerprint density at radius 2 is 1.74 bits per heavy atom. The second kappa shape index (κ2) is 8.15. The molecule has 19 heavy (non-hydrogen) atoms. The number of rotatable bonds is 5. The first-order chi connectivity index (χ1) is 9.06. The van der Waals surface area contributed by atoms with Gasteiger partial charge in [0.2, 0.25) is 5.91 Å². The van der Waals surface area contributed by atoms with Gasteiger partial charge in [0, 0.05) is 6.54 Å². The molecule has 1 amide bonds. The van der Waals surface area contributed by atoms with Crippen molar-refractivity contribution in [3.05, 3.63) is 0 Å². The van der Waals surface area contributed by atoms with Crippen LogP contribution in [0.25, 0.3) is 0 Å². The Labute approximate surface area is 115 Å². The van der Waals surface area contributed by atoms with Gasteiger partial charge in [0.05, 0.1) is 19.1 Å². The predicted octanol–water partition coefficient (Wildman–Crippen LogP) is 1.18. The van der Waals surface area contributed by atoms with Crippen LogP contribution in [0.15, 0.2) is 0 Å². The van der Waals surface area contributed by atoms with Crippen molar-refractivity contribution in [2.24, 2.45) is 5.92 Å². The molecule has 1 fully saturated rings. The number of hydrogen-bond acceptors (Lipinski definition) is 4. The molecule has 0 spiro atoms. The molecule has 1 rings (SSSR count). The first-order valence-corrected chi connectivity index (χ1v) is 7.16. The van der Waals surface area contributed by atoms with Crippen LogP contribution in [0, 0.1) is 5.92 Å². The van der Waals surface area contributed by atoms with E-state index in [9.17, 15) is 9.59 Å². The second-order valence-electron chi connectivity index (χ2n) is 5.30. The lowest BCUT2D eigenvalue weighted by Crippen LogP contribution is -2.47. The molecule has 0 unspecified atom stereocenters. The average molecular weight is 270 g/mol. The van der Waals surface area contributed by atoms with Crippen LogP contribution in [-0.4, -0.2) is 49.6 Å². The highest BCUT2D eigenvalue weighted by atomic mass is 16.5. The van der Waals surface area contributed by atoms with Crippen LogP contribution in [0.5, 0.6) is 0 Å². The van der Waals surface area contributed by atoms with Crippen molar-refractivity contribution in [1.82, 2.24) is 10.2 Å². The normalized spacial score (nSPS) is 20.2. The Kier molecular flexibility index (Phi) is 6.84. The third kappa shape index (κ3) is 5.19. The lowest BCUT2D eigenvalue weighted by molar-refractivity contribution is -0.144. The lowest BCUT2D eigenvalue weighted by Gasteiger charge is -2.26. The van der Waals surface area contributed by atoms with Crippen LogP contribution >= 0.6 is 0 Å². The molecule has 5 nitrogen and oxygen atoms in total. The van der Waals surface area contributed by atoms with Gasteiger partial charge in [0.25, 0.3) is 0 Å². The fraction of sp³-hybridized carbons (Fsp3) is 0.857. The molecule has 5 heteroatoms. The van der Waals surface area contributed by atoms with Crippen LogP contribution in [0.3, 0.4) is 0 Å². The van der Waals surface area contributed by atoms with E-state index in [0.717, 1.165) is 25.9 Å². The average Bonchev–Trinajstić information content (AvgIpc) is 2.71. The third-order valence-corrected chi connectivity index (χ3v) is 3.75. The Balaban J connectivity index is 2.37. The van der Waals surface area contributed by atoms with Crippen molar-refractivity contribution in [1.29, 1.82) is 0 Å². The van der Waals surface area contributed by atoms with Gasteiger partial charge < -0.3 is 10.1 Å². The molecule has 0 saturated carbocycles. The Morgan fingerprint density at radius 3 is 2.26 bits per heavy atom. The van der Waals surface area contributed by atoms with Gasteiger partial charge in [-0.05, 0) is 32.9 Å². The van der Waals surface area contributed by atoms with Gasteiger partial charge in [0.1, 0.15) is 0 Å². The smallest absolute Gasteiger partial charge is 0.310 e. The monoisotopic (exact) mass is 270 g/mol. The summed E-state index contributed by atoms with van der Waals surface area (Å²) in [4.78, 5) is 25.5. The molecule has 0 aromatic rings. The minimum Gasteiger partial charge on any atom is -0.469 e. The number of nitrogens with one attached hydrogen (secondary N) is 1. The fourth-order valence-corrected chi connectivity index (χ4v) is 2.33. The van der Waals surface area contributed by atoms with E-state index in [2.05, 4.69) is 15.0 Å². The minimum absolute atomic E-state index is 0.00217. The molecule has 1 saturated heterocycles. The van der Waals surface area contributed by atoms with E-state index in [1.807, 2.05) is 6.92 Å². The molecule has 2 atom stereocenters. The Hall–Kier alpha value is -1.10. The van der Waals surface area contributed by atoms with Crippen molar-refractivity contribution >= 4 is 11.9 Å². The third-order valence-electron chi connectivity index (χ3n) is 3.75. The highest BCUT2D eigenvalue weighted by Crippen LogP contribution is 2.12. The maximum absolute atomic E-state index is 12.1. The van der Waals surface area contributed by atoms with Crippen molar-refractivity contribution in [2.75, 3.05) is 26.7 Å². The summed E-state index contributed by atoms with van der Waals surface area (Å²) in [6.07, 6.45) is 4.83. The second-order valence-corrected chi connectivity index (χ2v) is 5.30. The predicted molar refractivity (Wildman–Crippen MR) is 73.7 cm³/mol. The van der Waals surface area contributed by atoms with Crippen LogP contribution < -0.4 is 5.32 Å². The molecular weight excluding hydrogens is 244 g/mol. The lowest BCUT2D eigenvalue weighted by atomic mass is 10.1. The van der Waals surface area contributed by atoms with E-state index in [4.69, 9.17) is 0 Å². The standard InChI is InChI=1S/C14H26N2O3/c1-11(14(18)19-3)10-15-13(17)12(2)16-8-6-4-5-7-9-16/h11-12H,4-10H2,1-3H3,(H,15,17)/t11-,12-/m0/s1. The molecule has 0 bridgehead atoms. The fourth-order valence-electron chi connectivity index (χ4n) is 2.33. The van der Waals surface area contributed by atoms with Crippen molar-refractivity contribution in [3.8, 4) is 0 Å². The van der Waals surface area contributed by atoms with Gasteiger partial charge in [-0.15, -0.1) is 0 Å². The summed E-state index contributed by atoms with van der Waals surface area (Å²) in [5, 5.41) is 2.83. The summed E-state index contributed by atoms with van der Waals surface area (Å²) in [5.41, 5.74) is 0. The minimum atomic E-state index is -0.301. The van der Waals surface area contributed by atoms with Gasteiger partial charge in [-0.1, -0.05) is 19.8 Å². The van der Waals surface area contributed by atoms with E-state index in [0.29, 0.717) is 6.54 Å². The van der Waals surface area contributed by atoms with E-state index in [1.54, 1.807) is 6.92 Å². The van der Waals surface area contributed by atoms with Gasteiger partial charge >= 0.3 is 5.97 Å². The van der Waals surface area contributed by atoms with Crippen LogP contribution in [0.2, 0.25) is 0 Å². The molecule has 1 N–H and O–H groups in total. The van der Waals surface area contributed by atoms with Crippen molar-refractivity contribution in [3.63, 3.8) is 0 Å². The molecule has 1 aliphatic heterocycles. The van der Waals surface area contributed by atoms with E-state index in [1.165, 1.54) is 20.0 Å². The number of likely N-dealkylation sites (tertiary alicyclic amines) is 1. The summed E-state index contributed by atoms with van der Waals surface area (Å²) in [5.74, 6) is -0.592. The number of carbonyl (C=O) groups is 2. The molecule has 110 valence electrons. The quantitative estimate of drug-likeness (QED) is 0.762. The van der Waals surface area contributed by atoms with Gasteiger partial charge in [-0.3, -0.25) is 14.5 Å². The number of esters is 1. The van der Waals surface area contributed by atoms with Crippen LogP contribution in [0.1, 0.15) is 39.5 Å². The molecule has 1 heterocycles. The number of amides is 1. The molecule has 1 aliphatic rings. The largest absolute Gasteiger partial charge is 0.469 e. The first kappa shape index (κ1) is 16.0. The summed E-state index contributed by atoms with van der Waals surface area (Å²) in [7, 11) is 1.36. The first-order valence-electron chi connectivity index (χ1n) is 7.16. The number of nitrogens with zero attached hydrogens (tertiary/aromatic N) is 1. The molecule has 0 aromatic heterocycles. The van der Waals surface area contributed by atoms with E-state index < -0.39 is 0 Å². The van der Waals surface area contributed by atoms with E-state index >= 15 is 0 Å². The van der Waals surface area contributed by atoms with E-state index in [-0.39, 0.29) is 23.8 Å². The molecular formula is C14H26N2O3. The molecule has 0 radical (unpaired) electrons. The maximum Gasteiger partial charge on any atom is 0.310 e. The zero-order valence-corrected chi connectivity index (χ0v) is 12.3. The summed E-state index contributed by atoms with van der Waals surface area (Å²) in [6, 6.07) is -0.122.